The zero-order valence-corrected chi connectivity index (χ0v) is 9.15. The molecule has 1 aromatic rings. The molecule has 1 aromatic heterocycles. The van der Waals surface area contributed by atoms with E-state index in [1.807, 2.05) is 0 Å². The molecular weight excluding hydrogens is 208 g/mol. The van der Waals surface area contributed by atoms with E-state index < -0.39 is 0 Å². The Hall–Kier alpha value is -1.36. The second-order valence-electron chi connectivity index (χ2n) is 3.92. The normalized spacial score (nSPS) is 19.9. The first-order valence-electron chi connectivity index (χ1n) is 5.60. The molecular formula is C11H16N2O3. The van der Waals surface area contributed by atoms with Crippen molar-refractivity contribution in [3.05, 3.63) is 18.4 Å². The summed E-state index contributed by atoms with van der Waals surface area (Å²) in [6.07, 6.45) is 6.35. The van der Waals surface area contributed by atoms with Gasteiger partial charge in [0.25, 0.3) is 0 Å². The number of ether oxygens (including phenoxy) is 1. The van der Waals surface area contributed by atoms with Gasteiger partial charge in [0.05, 0.1) is 11.8 Å². The number of nitrogens with zero attached hydrogens (tertiary/aromatic N) is 1. The SMILES string of the molecule is O=C(CCc1cocn1)NCC1CCCO1. The third-order valence-electron chi connectivity index (χ3n) is 2.64. The maximum absolute atomic E-state index is 11.5. The lowest BCUT2D eigenvalue weighted by Gasteiger charge is -2.10. The number of carbonyl (C=O) groups excluding carboxylic acids is 1. The Kier molecular flexibility index (Phi) is 3.93. The van der Waals surface area contributed by atoms with Crippen molar-refractivity contribution in [3.8, 4) is 0 Å². The molecule has 1 amide bonds. The third-order valence-corrected chi connectivity index (χ3v) is 2.64. The van der Waals surface area contributed by atoms with Gasteiger partial charge in [0.15, 0.2) is 6.39 Å². The predicted octanol–water partition coefficient (Wildman–Crippen LogP) is 0.902. The molecule has 1 aliphatic heterocycles. The zero-order chi connectivity index (χ0) is 11.2. The van der Waals surface area contributed by atoms with E-state index in [9.17, 15) is 4.79 Å². The average Bonchev–Trinajstić information content (AvgIpc) is 2.96. The Bertz CT molecular complexity index is 318. The van der Waals surface area contributed by atoms with Gasteiger partial charge in [0.2, 0.25) is 5.91 Å². The number of amides is 1. The van der Waals surface area contributed by atoms with Crippen molar-refractivity contribution < 1.29 is 13.9 Å². The van der Waals surface area contributed by atoms with Crippen LogP contribution in [0.3, 0.4) is 0 Å². The first-order chi connectivity index (χ1) is 7.84. The quantitative estimate of drug-likeness (QED) is 0.807. The fourth-order valence-electron chi connectivity index (χ4n) is 1.72. The van der Waals surface area contributed by atoms with Crippen LogP contribution in [0.25, 0.3) is 0 Å². The van der Waals surface area contributed by atoms with Crippen LogP contribution in [-0.4, -0.2) is 30.1 Å². The molecule has 0 radical (unpaired) electrons. The van der Waals surface area contributed by atoms with E-state index in [2.05, 4.69) is 10.3 Å². The van der Waals surface area contributed by atoms with Crippen LogP contribution in [0.5, 0.6) is 0 Å². The number of rotatable bonds is 5. The Morgan fingerprint density at radius 2 is 2.56 bits per heavy atom. The fraction of sp³-hybridized carbons (Fsp3) is 0.636. The van der Waals surface area contributed by atoms with Gasteiger partial charge >= 0.3 is 0 Å². The Morgan fingerprint density at radius 3 is 3.25 bits per heavy atom. The van der Waals surface area contributed by atoms with E-state index in [-0.39, 0.29) is 12.0 Å². The smallest absolute Gasteiger partial charge is 0.220 e. The highest BCUT2D eigenvalue weighted by Gasteiger charge is 2.15. The summed E-state index contributed by atoms with van der Waals surface area (Å²) in [5.41, 5.74) is 0.812. The predicted molar refractivity (Wildman–Crippen MR) is 56.8 cm³/mol. The molecule has 1 unspecified atom stereocenters. The maximum Gasteiger partial charge on any atom is 0.220 e. The molecule has 16 heavy (non-hydrogen) atoms. The monoisotopic (exact) mass is 224 g/mol. The highest BCUT2D eigenvalue weighted by atomic mass is 16.5. The minimum atomic E-state index is 0.0403. The second-order valence-corrected chi connectivity index (χ2v) is 3.92. The van der Waals surface area contributed by atoms with Crippen LogP contribution in [0.1, 0.15) is 25.0 Å². The molecule has 2 heterocycles. The Balaban J connectivity index is 1.60. The van der Waals surface area contributed by atoms with E-state index in [0.29, 0.717) is 19.4 Å². The topological polar surface area (TPSA) is 64.4 Å². The number of hydrogen-bond acceptors (Lipinski definition) is 4. The lowest BCUT2D eigenvalue weighted by molar-refractivity contribution is -0.121. The summed E-state index contributed by atoms with van der Waals surface area (Å²) in [6.45, 7) is 1.44. The van der Waals surface area contributed by atoms with Crippen molar-refractivity contribution in [3.63, 3.8) is 0 Å². The standard InChI is InChI=1S/C11H16N2O3/c14-11(4-3-9-7-15-8-13-9)12-6-10-2-1-5-16-10/h7-8,10H,1-6H2,(H,12,14). The van der Waals surface area contributed by atoms with Crippen molar-refractivity contribution in [2.24, 2.45) is 0 Å². The van der Waals surface area contributed by atoms with Gasteiger partial charge < -0.3 is 14.5 Å². The van der Waals surface area contributed by atoms with E-state index in [1.165, 1.54) is 6.39 Å². The van der Waals surface area contributed by atoms with Crippen molar-refractivity contribution in [2.45, 2.75) is 31.8 Å². The van der Waals surface area contributed by atoms with E-state index >= 15 is 0 Å². The lowest BCUT2D eigenvalue weighted by Crippen LogP contribution is -2.31. The van der Waals surface area contributed by atoms with Crippen LogP contribution in [0.2, 0.25) is 0 Å². The molecule has 88 valence electrons. The van der Waals surface area contributed by atoms with Gasteiger partial charge in [-0.25, -0.2) is 4.98 Å². The van der Waals surface area contributed by atoms with Crippen molar-refractivity contribution >= 4 is 5.91 Å². The molecule has 1 atom stereocenters. The number of hydrogen-bond donors (Lipinski definition) is 1. The molecule has 0 aromatic carbocycles. The molecule has 0 spiro atoms. The minimum Gasteiger partial charge on any atom is -0.451 e. The van der Waals surface area contributed by atoms with Crippen LogP contribution >= 0.6 is 0 Å². The van der Waals surface area contributed by atoms with Gasteiger partial charge in [-0.15, -0.1) is 0 Å². The Morgan fingerprint density at radius 1 is 1.62 bits per heavy atom. The summed E-state index contributed by atoms with van der Waals surface area (Å²) < 4.78 is 10.2. The third kappa shape index (κ3) is 3.34. The maximum atomic E-state index is 11.5. The molecule has 1 N–H and O–H groups in total. The molecule has 0 aliphatic carbocycles. The van der Waals surface area contributed by atoms with E-state index in [0.717, 1.165) is 25.1 Å². The van der Waals surface area contributed by atoms with Crippen molar-refractivity contribution in [2.75, 3.05) is 13.2 Å². The van der Waals surface area contributed by atoms with Gasteiger partial charge in [0, 0.05) is 26.0 Å². The Labute approximate surface area is 94.2 Å². The van der Waals surface area contributed by atoms with Crippen LogP contribution < -0.4 is 5.32 Å². The average molecular weight is 224 g/mol. The fourth-order valence-corrected chi connectivity index (χ4v) is 1.72. The molecule has 0 bridgehead atoms. The van der Waals surface area contributed by atoms with Crippen LogP contribution in [0.4, 0.5) is 0 Å². The molecule has 5 heteroatoms. The van der Waals surface area contributed by atoms with Crippen molar-refractivity contribution in [1.29, 1.82) is 0 Å². The van der Waals surface area contributed by atoms with Gasteiger partial charge in [-0.05, 0) is 12.8 Å². The molecule has 1 saturated heterocycles. The van der Waals surface area contributed by atoms with E-state index in [4.69, 9.17) is 9.15 Å². The van der Waals surface area contributed by atoms with Gasteiger partial charge in [0.1, 0.15) is 6.26 Å². The summed E-state index contributed by atoms with van der Waals surface area (Å²) in [6, 6.07) is 0. The highest BCUT2D eigenvalue weighted by molar-refractivity contribution is 5.76. The highest BCUT2D eigenvalue weighted by Crippen LogP contribution is 2.10. The number of aromatic nitrogens is 1. The molecule has 0 saturated carbocycles. The van der Waals surface area contributed by atoms with Gasteiger partial charge in [-0.1, -0.05) is 0 Å². The lowest BCUT2D eigenvalue weighted by atomic mass is 10.2. The van der Waals surface area contributed by atoms with Crippen molar-refractivity contribution in [1.82, 2.24) is 10.3 Å². The van der Waals surface area contributed by atoms with Crippen LogP contribution in [0, 0.1) is 0 Å². The molecule has 1 aliphatic rings. The van der Waals surface area contributed by atoms with Crippen LogP contribution in [-0.2, 0) is 16.0 Å². The number of nitrogens with one attached hydrogen (secondary N) is 1. The largest absolute Gasteiger partial charge is 0.451 e. The summed E-state index contributed by atoms with van der Waals surface area (Å²) in [4.78, 5) is 15.4. The summed E-state index contributed by atoms with van der Waals surface area (Å²) in [5.74, 6) is 0.0403. The summed E-state index contributed by atoms with van der Waals surface area (Å²) in [5, 5.41) is 2.86. The molecule has 1 fully saturated rings. The van der Waals surface area contributed by atoms with Gasteiger partial charge in [-0.2, -0.15) is 0 Å². The first kappa shape index (κ1) is 11.1. The first-order valence-corrected chi connectivity index (χ1v) is 5.60. The molecule has 5 nitrogen and oxygen atoms in total. The van der Waals surface area contributed by atoms with Gasteiger partial charge in [-0.3, -0.25) is 4.79 Å². The molecule has 2 rings (SSSR count). The number of carbonyl (C=O) groups is 1. The van der Waals surface area contributed by atoms with E-state index in [1.54, 1.807) is 6.26 Å². The van der Waals surface area contributed by atoms with Crippen LogP contribution in [0.15, 0.2) is 17.1 Å². The minimum absolute atomic E-state index is 0.0403. The summed E-state index contributed by atoms with van der Waals surface area (Å²) in [7, 11) is 0. The number of aryl methyl sites for hydroxylation is 1. The summed E-state index contributed by atoms with van der Waals surface area (Å²) >= 11 is 0. The second kappa shape index (κ2) is 5.65. The number of oxazole rings is 1. The zero-order valence-electron chi connectivity index (χ0n) is 9.15.